The van der Waals surface area contributed by atoms with E-state index in [-0.39, 0.29) is 11.3 Å². The Morgan fingerprint density at radius 2 is 2.39 bits per heavy atom. The summed E-state index contributed by atoms with van der Waals surface area (Å²) in [6.07, 6.45) is 2.01. The molecule has 1 fully saturated rings. The zero-order valence-corrected chi connectivity index (χ0v) is 11.1. The molecule has 4 nitrogen and oxygen atoms in total. The van der Waals surface area contributed by atoms with Crippen molar-refractivity contribution in [3.05, 3.63) is 29.6 Å². The van der Waals surface area contributed by atoms with Gasteiger partial charge in [0.05, 0.1) is 17.7 Å². The molecule has 2 N–H and O–H groups in total. The molecule has 4 heteroatoms. The topological polar surface area (TPSA) is 54.0 Å². The minimum atomic E-state index is -0.276. The van der Waals surface area contributed by atoms with Crippen LogP contribution in [0.2, 0.25) is 0 Å². The molecule has 1 unspecified atom stereocenters. The van der Waals surface area contributed by atoms with E-state index >= 15 is 0 Å². The average molecular weight is 247 g/mol. The van der Waals surface area contributed by atoms with E-state index in [1.54, 1.807) is 0 Å². The van der Waals surface area contributed by atoms with E-state index in [9.17, 15) is 4.79 Å². The third kappa shape index (κ3) is 3.07. The number of carbonyl (C=O) groups is 1. The van der Waals surface area contributed by atoms with Gasteiger partial charge in [0.15, 0.2) is 0 Å². The molecule has 2 heterocycles. The van der Waals surface area contributed by atoms with Gasteiger partial charge in [-0.05, 0) is 45.4 Å². The standard InChI is InChI=1S/C14H21N3O/c1-11-5-3-6-12(17-11)9-16-13(18)14(2)7-4-8-15-10-14/h3,5-6,15H,4,7-10H2,1-2H3,(H,16,18). The van der Waals surface area contributed by atoms with Crippen LogP contribution in [0.4, 0.5) is 0 Å². The molecule has 0 spiro atoms. The summed E-state index contributed by atoms with van der Waals surface area (Å²) >= 11 is 0. The quantitative estimate of drug-likeness (QED) is 0.849. The van der Waals surface area contributed by atoms with Crippen molar-refractivity contribution in [2.75, 3.05) is 13.1 Å². The second-order valence-electron chi connectivity index (χ2n) is 5.29. The lowest BCUT2D eigenvalue weighted by molar-refractivity contribution is -0.131. The summed E-state index contributed by atoms with van der Waals surface area (Å²) < 4.78 is 0. The van der Waals surface area contributed by atoms with Gasteiger partial charge in [0.1, 0.15) is 0 Å². The zero-order valence-electron chi connectivity index (χ0n) is 11.1. The van der Waals surface area contributed by atoms with Crippen LogP contribution in [0.1, 0.15) is 31.2 Å². The maximum Gasteiger partial charge on any atom is 0.227 e. The molecule has 98 valence electrons. The average Bonchev–Trinajstić information content (AvgIpc) is 2.37. The first-order valence-corrected chi connectivity index (χ1v) is 6.52. The number of rotatable bonds is 3. The summed E-state index contributed by atoms with van der Waals surface area (Å²) in [4.78, 5) is 16.6. The Morgan fingerprint density at radius 3 is 3.06 bits per heavy atom. The Morgan fingerprint density at radius 1 is 1.56 bits per heavy atom. The molecule has 0 aliphatic carbocycles. The molecule has 1 amide bonds. The van der Waals surface area contributed by atoms with Gasteiger partial charge in [0.2, 0.25) is 5.91 Å². The van der Waals surface area contributed by atoms with Gasteiger partial charge < -0.3 is 10.6 Å². The third-order valence-electron chi connectivity index (χ3n) is 3.52. The van der Waals surface area contributed by atoms with Crippen LogP contribution in [-0.2, 0) is 11.3 Å². The van der Waals surface area contributed by atoms with Gasteiger partial charge in [-0.1, -0.05) is 6.07 Å². The minimum absolute atomic E-state index is 0.123. The lowest BCUT2D eigenvalue weighted by Gasteiger charge is -2.32. The Balaban J connectivity index is 1.91. The van der Waals surface area contributed by atoms with Gasteiger partial charge in [0.25, 0.3) is 0 Å². The lowest BCUT2D eigenvalue weighted by Crippen LogP contribution is -2.48. The molecule has 1 atom stereocenters. The molecular formula is C14H21N3O. The van der Waals surface area contributed by atoms with Gasteiger partial charge in [-0.15, -0.1) is 0 Å². The highest BCUT2D eigenvalue weighted by Crippen LogP contribution is 2.25. The molecule has 1 saturated heterocycles. The van der Waals surface area contributed by atoms with E-state index in [0.29, 0.717) is 6.54 Å². The van der Waals surface area contributed by atoms with Crippen LogP contribution in [-0.4, -0.2) is 24.0 Å². The molecule has 0 aromatic carbocycles. The van der Waals surface area contributed by atoms with Crippen LogP contribution in [0, 0.1) is 12.3 Å². The van der Waals surface area contributed by atoms with Crippen molar-refractivity contribution < 1.29 is 4.79 Å². The van der Waals surface area contributed by atoms with E-state index in [0.717, 1.165) is 37.3 Å². The zero-order chi connectivity index (χ0) is 13.0. The number of piperidine rings is 1. The van der Waals surface area contributed by atoms with Crippen LogP contribution in [0.15, 0.2) is 18.2 Å². The van der Waals surface area contributed by atoms with Crippen LogP contribution in [0.5, 0.6) is 0 Å². The van der Waals surface area contributed by atoms with E-state index in [2.05, 4.69) is 15.6 Å². The largest absolute Gasteiger partial charge is 0.350 e. The predicted octanol–water partition coefficient (Wildman–Crippen LogP) is 1.40. The number of nitrogens with one attached hydrogen (secondary N) is 2. The molecule has 1 aromatic heterocycles. The highest BCUT2D eigenvalue weighted by molar-refractivity contribution is 5.82. The summed E-state index contributed by atoms with van der Waals surface area (Å²) in [5.74, 6) is 0.123. The van der Waals surface area contributed by atoms with Gasteiger partial charge in [-0.2, -0.15) is 0 Å². The van der Waals surface area contributed by atoms with Gasteiger partial charge in [-0.3, -0.25) is 9.78 Å². The molecule has 0 radical (unpaired) electrons. The van der Waals surface area contributed by atoms with Crippen LogP contribution in [0.3, 0.4) is 0 Å². The maximum absolute atomic E-state index is 12.2. The second-order valence-corrected chi connectivity index (χ2v) is 5.29. The lowest BCUT2D eigenvalue weighted by atomic mass is 9.82. The number of hydrogen-bond acceptors (Lipinski definition) is 3. The van der Waals surface area contributed by atoms with Crippen molar-refractivity contribution >= 4 is 5.91 Å². The molecular weight excluding hydrogens is 226 g/mol. The monoisotopic (exact) mass is 247 g/mol. The molecule has 1 aliphatic rings. The number of carbonyl (C=O) groups excluding carboxylic acids is 1. The summed E-state index contributed by atoms with van der Waals surface area (Å²) in [7, 11) is 0. The predicted molar refractivity (Wildman–Crippen MR) is 71.0 cm³/mol. The highest BCUT2D eigenvalue weighted by atomic mass is 16.2. The minimum Gasteiger partial charge on any atom is -0.350 e. The summed E-state index contributed by atoms with van der Waals surface area (Å²) in [5, 5.41) is 6.28. The Labute approximate surface area is 108 Å². The van der Waals surface area contributed by atoms with Crippen molar-refractivity contribution in [3.63, 3.8) is 0 Å². The molecule has 1 aliphatic heterocycles. The SMILES string of the molecule is Cc1cccc(CNC(=O)C2(C)CCCNC2)n1. The molecule has 18 heavy (non-hydrogen) atoms. The number of amides is 1. The Hall–Kier alpha value is -1.42. The normalized spacial score (nSPS) is 23.7. The smallest absolute Gasteiger partial charge is 0.227 e. The van der Waals surface area contributed by atoms with E-state index in [1.165, 1.54) is 0 Å². The maximum atomic E-state index is 12.2. The van der Waals surface area contributed by atoms with E-state index < -0.39 is 0 Å². The number of aromatic nitrogens is 1. The summed E-state index contributed by atoms with van der Waals surface area (Å²) in [5.41, 5.74) is 1.62. The van der Waals surface area contributed by atoms with Crippen molar-refractivity contribution in [2.24, 2.45) is 5.41 Å². The van der Waals surface area contributed by atoms with E-state index in [4.69, 9.17) is 0 Å². The molecule has 0 bridgehead atoms. The Kier molecular flexibility index (Phi) is 3.97. The van der Waals surface area contributed by atoms with E-state index in [1.807, 2.05) is 32.0 Å². The number of nitrogens with zero attached hydrogens (tertiary/aromatic N) is 1. The first-order valence-electron chi connectivity index (χ1n) is 6.52. The fraction of sp³-hybridized carbons (Fsp3) is 0.571. The van der Waals surface area contributed by atoms with Crippen molar-refractivity contribution in [1.29, 1.82) is 0 Å². The van der Waals surface area contributed by atoms with Crippen LogP contribution >= 0.6 is 0 Å². The summed E-state index contributed by atoms with van der Waals surface area (Å²) in [6.45, 7) is 6.27. The molecule has 0 saturated carbocycles. The first kappa shape index (κ1) is 13.0. The highest BCUT2D eigenvalue weighted by Gasteiger charge is 2.34. The van der Waals surface area contributed by atoms with Crippen molar-refractivity contribution in [3.8, 4) is 0 Å². The molecule has 2 rings (SSSR count). The van der Waals surface area contributed by atoms with Crippen LogP contribution < -0.4 is 10.6 Å². The first-order chi connectivity index (χ1) is 8.60. The molecule has 1 aromatic rings. The van der Waals surface area contributed by atoms with Crippen molar-refractivity contribution in [2.45, 2.75) is 33.2 Å². The Bertz CT molecular complexity index is 425. The van der Waals surface area contributed by atoms with Gasteiger partial charge in [-0.25, -0.2) is 0 Å². The van der Waals surface area contributed by atoms with Crippen molar-refractivity contribution in [1.82, 2.24) is 15.6 Å². The van der Waals surface area contributed by atoms with Gasteiger partial charge >= 0.3 is 0 Å². The number of aryl methyl sites for hydroxylation is 1. The number of pyridine rings is 1. The summed E-state index contributed by atoms with van der Waals surface area (Å²) in [6, 6.07) is 5.86. The van der Waals surface area contributed by atoms with Crippen LogP contribution in [0.25, 0.3) is 0 Å². The third-order valence-corrected chi connectivity index (χ3v) is 3.52. The second kappa shape index (κ2) is 5.48. The fourth-order valence-electron chi connectivity index (χ4n) is 2.33. The number of hydrogen-bond donors (Lipinski definition) is 2. The van der Waals surface area contributed by atoms with Gasteiger partial charge in [0, 0.05) is 12.2 Å². The fourth-order valence-corrected chi connectivity index (χ4v) is 2.33.